The number of quaternary nitrogens is 1. The van der Waals surface area contributed by atoms with Crippen LogP contribution in [-0.2, 0) is 27.9 Å². The van der Waals surface area contributed by atoms with Crippen molar-refractivity contribution < 1.29 is 37.3 Å². The Morgan fingerprint density at radius 1 is 0.811 bits per heavy atom. The molecule has 0 aromatic carbocycles. The maximum atomic E-state index is 12.3. The SMILES string of the molecule is CCC/C=C\CCCCCCCCOCC(COP(=O)(O)OCC[N+](C)(C)C)OC(=O)CCCCCC. The summed E-state index contributed by atoms with van der Waals surface area (Å²) in [4.78, 5) is 22.3. The lowest BCUT2D eigenvalue weighted by Gasteiger charge is -2.24. The van der Waals surface area contributed by atoms with E-state index < -0.39 is 13.9 Å². The molecule has 0 bridgehead atoms. The van der Waals surface area contributed by atoms with Crippen molar-refractivity contribution in [2.45, 2.75) is 110 Å². The van der Waals surface area contributed by atoms with Crippen LogP contribution in [0, 0.1) is 0 Å². The van der Waals surface area contributed by atoms with Crippen LogP contribution < -0.4 is 0 Å². The molecule has 0 radical (unpaired) electrons. The van der Waals surface area contributed by atoms with Crippen molar-refractivity contribution in [1.82, 2.24) is 0 Å². The molecule has 0 aromatic heterocycles. The number of nitrogens with zero attached hydrogens (tertiary/aromatic N) is 1. The first kappa shape index (κ1) is 36.2. The third kappa shape index (κ3) is 26.6. The smallest absolute Gasteiger partial charge is 0.457 e. The molecule has 0 saturated heterocycles. The van der Waals surface area contributed by atoms with Gasteiger partial charge in [-0.25, -0.2) is 4.57 Å². The zero-order valence-electron chi connectivity index (χ0n) is 24.5. The van der Waals surface area contributed by atoms with Crippen LogP contribution in [0.2, 0.25) is 0 Å². The average molecular weight is 551 g/mol. The van der Waals surface area contributed by atoms with Gasteiger partial charge in [0.15, 0.2) is 0 Å². The van der Waals surface area contributed by atoms with Crippen molar-refractivity contribution in [2.75, 3.05) is 54.1 Å². The monoisotopic (exact) mass is 550 g/mol. The van der Waals surface area contributed by atoms with Crippen LogP contribution in [0.3, 0.4) is 0 Å². The van der Waals surface area contributed by atoms with Crippen LogP contribution in [0.15, 0.2) is 12.2 Å². The molecule has 2 atom stereocenters. The number of hydrogen-bond acceptors (Lipinski definition) is 6. The van der Waals surface area contributed by atoms with Crippen molar-refractivity contribution in [3.05, 3.63) is 12.2 Å². The maximum Gasteiger partial charge on any atom is 0.472 e. The molecule has 0 aliphatic rings. The minimum atomic E-state index is -4.24. The number of esters is 1. The van der Waals surface area contributed by atoms with Gasteiger partial charge in [-0.05, 0) is 32.1 Å². The fraction of sp³-hybridized carbons (Fsp3) is 0.893. The van der Waals surface area contributed by atoms with E-state index in [1.165, 1.54) is 44.9 Å². The Morgan fingerprint density at radius 3 is 2.14 bits per heavy atom. The lowest BCUT2D eigenvalue weighted by molar-refractivity contribution is -0.870. The van der Waals surface area contributed by atoms with E-state index in [-0.39, 0.29) is 25.8 Å². The molecule has 220 valence electrons. The van der Waals surface area contributed by atoms with Crippen LogP contribution in [0.25, 0.3) is 0 Å². The molecule has 37 heavy (non-hydrogen) atoms. The Balaban J connectivity index is 4.30. The first-order chi connectivity index (χ1) is 17.6. The molecule has 0 fully saturated rings. The summed E-state index contributed by atoms with van der Waals surface area (Å²) < 4.78 is 34.3. The highest BCUT2D eigenvalue weighted by molar-refractivity contribution is 7.47. The molecule has 0 rings (SSSR count). The van der Waals surface area contributed by atoms with Gasteiger partial charge in [-0.2, -0.15) is 0 Å². The molecule has 0 aromatic rings. The normalized spacial score (nSPS) is 14.6. The predicted octanol–water partition coefficient (Wildman–Crippen LogP) is 6.81. The van der Waals surface area contributed by atoms with E-state index >= 15 is 0 Å². The summed E-state index contributed by atoms with van der Waals surface area (Å²) in [6.45, 7) is 5.40. The number of carbonyl (C=O) groups excluding carboxylic acids is 1. The van der Waals surface area contributed by atoms with Crippen LogP contribution in [0.5, 0.6) is 0 Å². The minimum Gasteiger partial charge on any atom is -0.457 e. The van der Waals surface area contributed by atoms with Crippen LogP contribution in [0.4, 0.5) is 0 Å². The molecule has 2 unspecified atom stereocenters. The van der Waals surface area contributed by atoms with Gasteiger partial charge in [-0.1, -0.05) is 77.4 Å². The third-order valence-corrected chi connectivity index (χ3v) is 6.79. The van der Waals surface area contributed by atoms with Gasteiger partial charge in [0.05, 0.1) is 34.4 Å². The van der Waals surface area contributed by atoms with Crippen molar-refractivity contribution >= 4 is 13.8 Å². The summed E-state index contributed by atoms with van der Waals surface area (Å²) >= 11 is 0. The molecule has 8 nitrogen and oxygen atoms in total. The highest BCUT2D eigenvalue weighted by Gasteiger charge is 2.26. The Labute approximate surface area is 227 Å². The van der Waals surface area contributed by atoms with Crippen LogP contribution in [-0.4, -0.2) is 75.6 Å². The van der Waals surface area contributed by atoms with E-state index in [2.05, 4.69) is 26.0 Å². The van der Waals surface area contributed by atoms with Gasteiger partial charge < -0.3 is 18.9 Å². The lowest BCUT2D eigenvalue weighted by atomic mass is 10.1. The lowest BCUT2D eigenvalue weighted by Crippen LogP contribution is -2.37. The van der Waals surface area contributed by atoms with Gasteiger partial charge in [0.2, 0.25) is 0 Å². The van der Waals surface area contributed by atoms with Crippen LogP contribution in [0.1, 0.15) is 104 Å². The quantitative estimate of drug-likeness (QED) is 0.0416. The molecule has 1 N–H and O–H groups in total. The largest absolute Gasteiger partial charge is 0.472 e. The minimum absolute atomic E-state index is 0.0885. The summed E-state index contributed by atoms with van der Waals surface area (Å²) in [5.41, 5.74) is 0. The molecule has 0 amide bonds. The van der Waals surface area contributed by atoms with E-state index in [1.54, 1.807) is 0 Å². The zero-order chi connectivity index (χ0) is 27.8. The second kappa shape index (κ2) is 23.2. The average Bonchev–Trinajstić information content (AvgIpc) is 2.82. The molecular formula is C28H57NO7P+. The van der Waals surface area contributed by atoms with Gasteiger partial charge in [0.25, 0.3) is 0 Å². The van der Waals surface area contributed by atoms with E-state index in [1.807, 2.05) is 21.1 Å². The van der Waals surface area contributed by atoms with Crippen molar-refractivity contribution in [3.63, 3.8) is 0 Å². The van der Waals surface area contributed by atoms with Crippen molar-refractivity contribution in [3.8, 4) is 0 Å². The van der Waals surface area contributed by atoms with Crippen molar-refractivity contribution in [1.29, 1.82) is 0 Å². The maximum absolute atomic E-state index is 12.3. The summed E-state index contributed by atoms with van der Waals surface area (Å²) in [5.74, 6) is -0.337. The Kier molecular flexibility index (Phi) is 22.7. The number of carbonyl (C=O) groups is 1. The summed E-state index contributed by atoms with van der Waals surface area (Å²) in [6.07, 6.45) is 18.6. The van der Waals surface area contributed by atoms with Gasteiger partial charge in [0, 0.05) is 13.0 Å². The number of unbranched alkanes of at least 4 members (excludes halogenated alkanes) is 10. The Hall–Kier alpha value is -0.760. The van der Waals surface area contributed by atoms with Gasteiger partial charge in [-0.3, -0.25) is 13.8 Å². The highest BCUT2D eigenvalue weighted by Crippen LogP contribution is 2.43. The number of allylic oxidation sites excluding steroid dienone is 2. The van der Waals surface area contributed by atoms with Crippen molar-refractivity contribution in [2.24, 2.45) is 0 Å². The first-order valence-corrected chi connectivity index (χ1v) is 15.9. The second-order valence-corrected chi connectivity index (χ2v) is 12.2. The van der Waals surface area contributed by atoms with E-state index in [9.17, 15) is 14.3 Å². The molecular weight excluding hydrogens is 493 g/mol. The third-order valence-electron chi connectivity index (χ3n) is 5.81. The molecule has 9 heteroatoms. The number of phosphoric ester groups is 1. The molecule has 0 aliphatic carbocycles. The van der Waals surface area contributed by atoms with E-state index in [0.29, 0.717) is 24.1 Å². The number of likely N-dealkylation sites (N-methyl/N-ethyl adjacent to an activating group) is 1. The number of hydrogen-bond donors (Lipinski definition) is 1. The Bertz CT molecular complexity index is 622. The first-order valence-electron chi connectivity index (χ1n) is 14.4. The number of rotatable bonds is 26. The molecule has 0 heterocycles. The van der Waals surface area contributed by atoms with Gasteiger partial charge >= 0.3 is 13.8 Å². The standard InChI is InChI=1S/C28H56NO7P/c1-6-8-10-12-13-14-15-16-17-18-20-23-33-25-27(36-28(30)21-19-11-9-7-2)26-35-37(31,32)34-24-22-29(3,4)5/h10,12,27H,6-9,11,13-26H2,1-5H3/p+1/b12-10-. The number of ether oxygens (including phenoxy) is 2. The van der Waals surface area contributed by atoms with E-state index in [4.69, 9.17) is 18.5 Å². The Morgan fingerprint density at radius 2 is 1.46 bits per heavy atom. The number of phosphoric acid groups is 1. The fourth-order valence-corrected chi connectivity index (χ4v) is 4.23. The zero-order valence-corrected chi connectivity index (χ0v) is 25.4. The second-order valence-electron chi connectivity index (χ2n) is 10.8. The highest BCUT2D eigenvalue weighted by atomic mass is 31.2. The molecule has 0 aliphatic heterocycles. The summed E-state index contributed by atoms with van der Waals surface area (Å²) in [6, 6.07) is 0. The topological polar surface area (TPSA) is 91.3 Å². The molecule has 0 spiro atoms. The summed E-state index contributed by atoms with van der Waals surface area (Å²) in [5, 5.41) is 0. The fourth-order valence-electron chi connectivity index (χ4n) is 3.49. The van der Waals surface area contributed by atoms with E-state index in [0.717, 1.165) is 38.5 Å². The van der Waals surface area contributed by atoms with Gasteiger partial charge in [-0.15, -0.1) is 0 Å². The predicted molar refractivity (Wildman–Crippen MR) is 150 cm³/mol. The van der Waals surface area contributed by atoms with Crippen LogP contribution >= 0.6 is 7.82 Å². The molecule has 0 saturated carbocycles. The summed E-state index contributed by atoms with van der Waals surface area (Å²) in [7, 11) is 1.66. The van der Waals surface area contributed by atoms with Gasteiger partial charge in [0.1, 0.15) is 19.3 Å².